The summed E-state index contributed by atoms with van der Waals surface area (Å²) in [6.07, 6.45) is 1.33. The third-order valence-corrected chi connectivity index (χ3v) is 7.00. The summed E-state index contributed by atoms with van der Waals surface area (Å²) < 4.78 is 30.1. The van der Waals surface area contributed by atoms with Gasteiger partial charge in [0.25, 0.3) is 10.0 Å². The fourth-order valence-corrected chi connectivity index (χ4v) is 5.02. The fraction of sp³-hybridized carbons (Fsp3) is 0.190. The van der Waals surface area contributed by atoms with Crippen LogP contribution in [0.3, 0.4) is 0 Å². The summed E-state index contributed by atoms with van der Waals surface area (Å²) in [4.78, 5) is 23.6. The molecule has 29 heavy (non-hydrogen) atoms. The standard InChI is InChI=1S/C21H19NO5S2/c1-12-8-14(3)19(9-13(12)2)29(26,27)22-17-10-18(28-11-20(23)24)21(25)16-7-5-4-6-15(16)17/h4-10H,11H2,1-3H3,(H,23,24)/p-1. The van der Waals surface area contributed by atoms with Gasteiger partial charge in [-0.25, -0.2) is 0 Å². The zero-order valence-electron chi connectivity index (χ0n) is 16.1. The van der Waals surface area contributed by atoms with Gasteiger partial charge in [0.2, 0.25) is 0 Å². The molecule has 1 aliphatic carbocycles. The van der Waals surface area contributed by atoms with Crippen LogP contribution in [0.1, 0.15) is 32.6 Å². The second-order valence-corrected chi connectivity index (χ2v) is 9.29. The number of nitrogens with zero attached hydrogens (tertiary/aromatic N) is 1. The van der Waals surface area contributed by atoms with Crippen LogP contribution >= 0.6 is 11.8 Å². The first kappa shape index (κ1) is 21.0. The largest absolute Gasteiger partial charge is 0.549 e. The summed E-state index contributed by atoms with van der Waals surface area (Å²) in [5.74, 6) is -2.11. The summed E-state index contributed by atoms with van der Waals surface area (Å²) in [6.45, 7) is 5.43. The highest BCUT2D eigenvalue weighted by atomic mass is 32.2. The lowest BCUT2D eigenvalue weighted by molar-refractivity contribution is -0.301. The van der Waals surface area contributed by atoms with E-state index in [-0.39, 0.29) is 26.9 Å². The van der Waals surface area contributed by atoms with Gasteiger partial charge in [-0.2, -0.15) is 12.8 Å². The Balaban J connectivity index is 2.16. The van der Waals surface area contributed by atoms with Crippen molar-refractivity contribution in [1.29, 1.82) is 0 Å². The van der Waals surface area contributed by atoms with E-state index in [0.717, 1.165) is 22.9 Å². The van der Waals surface area contributed by atoms with Crippen LogP contribution in [0.5, 0.6) is 0 Å². The molecule has 0 radical (unpaired) electrons. The predicted octanol–water partition coefficient (Wildman–Crippen LogP) is 2.35. The summed E-state index contributed by atoms with van der Waals surface area (Å²) in [6, 6.07) is 9.89. The topological polar surface area (TPSA) is 104 Å². The Morgan fingerprint density at radius 1 is 1.03 bits per heavy atom. The minimum absolute atomic E-state index is 0.0960. The normalized spacial score (nSPS) is 15.2. The molecule has 0 aliphatic heterocycles. The SMILES string of the molecule is Cc1cc(C)c(S(=O)(=O)N=C2C=C(SCC(=O)[O-])C(=O)c3ccccc32)cc1C. The summed E-state index contributed by atoms with van der Waals surface area (Å²) in [7, 11) is -4.05. The number of allylic oxidation sites excluding steroid dienone is 2. The molecule has 6 nitrogen and oxygen atoms in total. The number of carboxylic acids is 1. The van der Waals surface area contributed by atoms with Crippen LogP contribution in [0.4, 0.5) is 0 Å². The predicted molar refractivity (Wildman–Crippen MR) is 111 cm³/mol. The van der Waals surface area contributed by atoms with E-state index in [1.807, 2.05) is 13.8 Å². The molecule has 1 aliphatic rings. The first-order chi connectivity index (χ1) is 13.6. The van der Waals surface area contributed by atoms with Crippen molar-refractivity contribution >= 4 is 39.2 Å². The second kappa shape index (κ2) is 7.96. The molecule has 2 aromatic rings. The first-order valence-corrected chi connectivity index (χ1v) is 11.1. The zero-order chi connectivity index (χ0) is 21.3. The number of ketones is 1. The van der Waals surface area contributed by atoms with Gasteiger partial charge in [-0.1, -0.05) is 30.3 Å². The first-order valence-electron chi connectivity index (χ1n) is 8.71. The number of thioether (sulfide) groups is 1. The van der Waals surface area contributed by atoms with Gasteiger partial charge in [0.1, 0.15) is 0 Å². The van der Waals surface area contributed by atoms with Gasteiger partial charge >= 0.3 is 0 Å². The zero-order valence-corrected chi connectivity index (χ0v) is 17.7. The van der Waals surface area contributed by atoms with Gasteiger partial charge in [-0.15, -0.1) is 11.8 Å². The van der Waals surface area contributed by atoms with Crippen LogP contribution in [0.2, 0.25) is 0 Å². The molecule has 3 rings (SSSR count). The average molecular weight is 429 g/mol. The van der Waals surface area contributed by atoms with Crippen LogP contribution in [-0.4, -0.2) is 31.6 Å². The summed E-state index contributed by atoms with van der Waals surface area (Å²) in [5.41, 5.74) is 3.15. The van der Waals surface area contributed by atoms with Gasteiger partial charge in [-0.05, 0) is 49.6 Å². The van der Waals surface area contributed by atoms with E-state index >= 15 is 0 Å². The van der Waals surface area contributed by atoms with Crippen molar-refractivity contribution in [3.63, 3.8) is 0 Å². The Kier molecular flexibility index (Phi) is 5.77. The number of sulfonamides is 1. The third-order valence-electron chi connectivity index (χ3n) is 4.57. The minimum atomic E-state index is -4.05. The van der Waals surface area contributed by atoms with Crippen molar-refractivity contribution in [2.45, 2.75) is 25.7 Å². The lowest BCUT2D eigenvalue weighted by Gasteiger charge is -2.17. The van der Waals surface area contributed by atoms with Gasteiger partial charge in [0.05, 0.1) is 21.5 Å². The number of rotatable bonds is 5. The number of carbonyl (C=O) groups is 2. The smallest absolute Gasteiger partial charge is 0.283 e. The second-order valence-electron chi connectivity index (χ2n) is 6.70. The number of carbonyl (C=O) groups excluding carboxylic acids is 2. The van der Waals surface area contributed by atoms with Crippen molar-refractivity contribution < 1.29 is 23.1 Å². The van der Waals surface area contributed by atoms with E-state index in [1.54, 1.807) is 43.3 Å². The van der Waals surface area contributed by atoms with E-state index in [0.29, 0.717) is 11.1 Å². The molecule has 0 spiro atoms. The third kappa shape index (κ3) is 4.33. The van der Waals surface area contributed by atoms with Crippen molar-refractivity contribution in [3.05, 3.63) is 75.2 Å². The molecule has 150 valence electrons. The lowest BCUT2D eigenvalue weighted by atomic mass is 9.94. The highest BCUT2D eigenvalue weighted by Gasteiger charge is 2.27. The van der Waals surface area contributed by atoms with E-state index < -0.39 is 21.7 Å². The highest BCUT2D eigenvalue weighted by molar-refractivity contribution is 8.04. The van der Waals surface area contributed by atoms with Crippen molar-refractivity contribution in [2.24, 2.45) is 4.40 Å². The van der Waals surface area contributed by atoms with Crippen molar-refractivity contribution in [1.82, 2.24) is 0 Å². The number of Topliss-reactive ketones (excluding diaryl/α,β-unsaturated/α-hetero) is 1. The molecule has 8 heteroatoms. The van der Waals surface area contributed by atoms with Gasteiger partial charge < -0.3 is 9.90 Å². The molecule has 0 fully saturated rings. The van der Waals surface area contributed by atoms with Crippen LogP contribution in [0.25, 0.3) is 0 Å². The minimum Gasteiger partial charge on any atom is -0.549 e. The average Bonchev–Trinajstić information content (AvgIpc) is 2.65. The maximum absolute atomic E-state index is 13.0. The lowest BCUT2D eigenvalue weighted by Crippen LogP contribution is -2.25. The molecule has 0 heterocycles. The Bertz CT molecular complexity index is 1190. The van der Waals surface area contributed by atoms with Crippen LogP contribution < -0.4 is 5.11 Å². The molecule has 0 aromatic heterocycles. The monoisotopic (exact) mass is 428 g/mol. The Morgan fingerprint density at radius 3 is 2.31 bits per heavy atom. The molecule has 2 aromatic carbocycles. The molecule has 0 bridgehead atoms. The Hall–Kier alpha value is -2.71. The number of benzene rings is 2. The number of hydrogen-bond donors (Lipinski definition) is 0. The van der Waals surface area contributed by atoms with Gasteiger partial charge in [-0.3, -0.25) is 4.79 Å². The molecule has 0 amide bonds. The van der Waals surface area contributed by atoms with E-state index in [2.05, 4.69) is 4.40 Å². The van der Waals surface area contributed by atoms with E-state index in [4.69, 9.17) is 0 Å². The highest BCUT2D eigenvalue weighted by Crippen LogP contribution is 2.30. The molecule has 0 N–H and O–H groups in total. The summed E-state index contributed by atoms with van der Waals surface area (Å²) >= 11 is 0.784. The Labute approximate surface area is 173 Å². The van der Waals surface area contributed by atoms with Crippen molar-refractivity contribution in [3.8, 4) is 0 Å². The van der Waals surface area contributed by atoms with E-state index in [9.17, 15) is 23.1 Å². The maximum Gasteiger partial charge on any atom is 0.283 e. The maximum atomic E-state index is 13.0. The molecule has 0 atom stereocenters. The van der Waals surface area contributed by atoms with Crippen molar-refractivity contribution in [2.75, 3.05) is 5.75 Å². The Morgan fingerprint density at radius 2 is 1.66 bits per heavy atom. The molecule has 0 saturated heterocycles. The van der Waals surface area contributed by atoms with Gasteiger partial charge in [0, 0.05) is 16.9 Å². The molecular formula is C21H18NO5S2-. The van der Waals surface area contributed by atoms with Crippen LogP contribution in [0, 0.1) is 20.8 Å². The molecule has 0 unspecified atom stereocenters. The van der Waals surface area contributed by atoms with E-state index in [1.165, 1.54) is 6.08 Å². The van der Waals surface area contributed by atoms with Crippen LogP contribution in [0.15, 0.2) is 56.7 Å². The van der Waals surface area contributed by atoms with Crippen LogP contribution in [-0.2, 0) is 14.8 Å². The summed E-state index contributed by atoms with van der Waals surface area (Å²) in [5, 5.41) is 10.8. The number of aliphatic carboxylic acids is 1. The molecular weight excluding hydrogens is 410 g/mol. The quantitative estimate of drug-likeness (QED) is 0.724. The fourth-order valence-electron chi connectivity index (χ4n) is 3.01. The number of aryl methyl sites for hydroxylation is 3. The number of fused-ring (bicyclic) bond motifs is 1. The number of carboxylic acid groups (broad SMARTS) is 1. The number of hydrogen-bond acceptors (Lipinski definition) is 6. The molecule has 0 saturated carbocycles. The van der Waals surface area contributed by atoms with Gasteiger partial charge in [0.15, 0.2) is 5.78 Å².